The van der Waals surface area contributed by atoms with Crippen molar-refractivity contribution in [2.45, 2.75) is 0 Å². The molecule has 3 rings (SSSR count). The van der Waals surface area contributed by atoms with Gasteiger partial charge in [-0.2, -0.15) is 0 Å². The Labute approximate surface area is 109 Å². The molecule has 0 aliphatic rings. The first kappa shape index (κ1) is 11.0. The van der Waals surface area contributed by atoms with Crippen LogP contribution in [0.5, 0.6) is 11.6 Å². The van der Waals surface area contributed by atoms with Crippen molar-refractivity contribution in [2.24, 2.45) is 0 Å². The molecule has 88 valence electrons. The molecule has 1 aromatic carbocycles. The molecule has 3 aromatic rings. The van der Waals surface area contributed by atoms with E-state index >= 15 is 0 Å². The van der Waals surface area contributed by atoms with Gasteiger partial charge in [-0.3, -0.25) is 4.98 Å². The number of nitrogens with zero attached hydrogens (tertiary/aromatic N) is 2. The Hall–Kier alpha value is -2.13. The Morgan fingerprint density at radius 3 is 2.83 bits per heavy atom. The summed E-state index contributed by atoms with van der Waals surface area (Å²) in [5.41, 5.74) is 0.886. The maximum atomic E-state index is 5.80. The van der Waals surface area contributed by atoms with Gasteiger partial charge in [0.15, 0.2) is 0 Å². The van der Waals surface area contributed by atoms with E-state index in [0.717, 1.165) is 10.9 Å². The highest BCUT2D eigenvalue weighted by Gasteiger charge is 2.01. The molecule has 0 aliphatic carbocycles. The third-order valence-electron chi connectivity index (χ3n) is 2.49. The molecule has 2 heterocycles. The minimum atomic E-state index is 0.409. The molecule has 0 atom stereocenters. The molecule has 18 heavy (non-hydrogen) atoms. The molecule has 3 nitrogen and oxygen atoms in total. The van der Waals surface area contributed by atoms with Gasteiger partial charge in [-0.1, -0.05) is 23.7 Å². The number of pyridine rings is 2. The normalized spacial score (nSPS) is 10.5. The van der Waals surface area contributed by atoms with Crippen molar-refractivity contribution in [1.29, 1.82) is 0 Å². The summed E-state index contributed by atoms with van der Waals surface area (Å²) in [7, 11) is 0. The molecule has 4 heteroatoms. The molecule has 0 N–H and O–H groups in total. The van der Waals surface area contributed by atoms with Crippen molar-refractivity contribution in [3.05, 3.63) is 59.9 Å². The van der Waals surface area contributed by atoms with Crippen molar-refractivity contribution in [2.75, 3.05) is 0 Å². The predicted octanol–water partition coefficient (Wildman–Crippen LogP) is 4.08. The minimum Gasteiger partial charge on any atom is -0.439 e. The van der Waals surface area contributed by atoms with Gasteiger partial charge in [0.05, 0.1) is 5.52 Å². The summed E-state index contributed by atoms with van der Waals surface area (Å²) in [6.45, 7) is 0. The van der Waals surface area contributed by atoms with E-state index in [-0.39, 0.29) is 0 Å². The Morgan fingerprint density at radius 1 is 1.00 bits per heavy atom. The van der Waals surface area contributed by atoms with Crippen molar-refractivity contribution < 1.29 is 4.74 Å². The number of rotatable bonds is 2. The average molecular weight is 257 g/mol. The largest absolute Gasteiger partial charge is 0.439 e. The first-order valence-electron chi connectivity index (χ1n) is 5.46. The quantitative estimate of drug-likeness (QED) is 0.648. The third kappa shape index (κ3) is 2.26. The van der Waals surface area contributed by atoms with Crippen LogP contribution in [-0.2, 0) is 0 Å². The van der Waals surface area contributed by atoms with Crippen LogP contribution in [0, 0.1) is 0 Å². The Balaban J connectivity index is 1.95. The van der Waals surface area contributed by atoms with Crippen molar-refractivity contribution in [3.8, 4) is 11.6 Å². The highest BCUT2D eigenvalue weighted by Crippen LogP contribution is 2.24. The summed E-state index contributed by atoms with van der Waals surface area (Å²) in [4.78, 5) is 8.35. The van der Waals surface area contributed by atoms with E-state index in [9.17, 15) is 0 Å². The van der Waals surface area contributed by atoms with E-state index in [1.54, 1.807) is 24.4 Å². The number of hydrogen-bond donors (Lipinski definition) is 0. The van der Waals surface area contributed by atoms with Crippen LogP contribution >= 0.6 is 11.6 Å². The fourth-order valence-electron chi connectivity index (χ4n) is 1.68. The van der Waals surface area contributed by atoms with Gasteiger partial charge in [0.1, 0.15) is 10.9 Å². The zero-order valence-electron chi connectivity index (χ0n) is 9.38. The lowest BCUT2D eigenvalue weighted by Crippen LogP contribution is -1.88. The van der Waals surface area contributed by atoms with Gasteiger partial charge in [0, 0.05) is 23.7 Å². The van der Waals surface area contributed by atoms with E-state index in [1.807, 2.05) is 30.3 Å². The van der Waals surface area contributed by atoms with Crippen LogP contribution < -0.4 is 4.74 Å². The number of ether oxygens (including phenoxy) is 1. The number of halogens is 1. The van der Waals surface area contributed by atoms with Crippen LogP contribution in [0.15, 0.2) is 54.7 Å². The summed E-state index contributed by atoms with van der Waals surface area (Å²) < 4.78 is 5.63. The van der Waals surface area contributed by atoms with Crippen molar-refractivity contribution in [1.82, 2.24) is 9.97 Å². The molecule has 0 fully saturated rings. The number of hydrogen-bond acceptors (Lipinski definition) is 3. The minimum absolute atomic E-state index is 0.409. The number of fused-ring (bicyclic) bond motifs is 1. The van der Waals surface area contributed by atoms with Gasteiger partial charge in [-0.15, -0.1) is 0 Å². The molecule has 0 saturated heterocycles. The second kappa shape index (κ2) is 4.63. The Kier molecular flexibility index (Phi) is 2.82. The van der Waals surface area contributed by atoms with Crippen LogP contribution in [0.3, 0.4) is 0 Å². The van der Waals surface area contributed by atoms with Crippen LogP contribution in [-0.4, -0.2) is 9.97 Å². The van der Waals surface area contributed by atoms with E-state index in [1.165, 1.54) is 0 Å². The lowest BCUT2D eigenvalue weighted by atomic mass is 10.2. The average Bonchev–Trinajstić information content (AvgIpc) is 2.39. The second-order valence-electron chi connectivity index (χ2n) is 3.76. The zero-order valence-corrected chi connectivity index (χ0v) is 10.1. The topological polar surface area (TPSA) is 35.0 Å². The standard InChI is InChI=1S/C14H9ClN2O/c15-13-4-1-5-14(17-13)18-11-7-6-10-3-2-8-16-12(10)9-11/h1-9H. The monoisotopic (exact) mass is 256 g/mol. The van der Waals surface area contributed by atoms with E-state index < -0.39 is 0 Å². The highest BCUT2D eigenvalue weighted by molar-refractivity contribution is 6.29. The van der Waals surface area contributed by atoms with E-state index in [0.29, 0.717) is 16.8 Å². The fraction of sp³-hybridized carbons (Fsp3) is 0. The van der Waals surface area contributed by atoms with E-state index in [4.69, 9.17) is 16.3 Å². The van der Waals surface area contributed by atoms with Gasteiger partial charge in [0.25, 0.3) is 0 Å². The third-order valence-corrected chi connectivity index (χ3v) is 2.70. The number of benzene rings is 1. The molecule has 0 unspecified atom stereocenters. The molecular weight excluding hydrogens is 248 g/mol. The van der Waals surface area contributed by atoms with Crippen LogP contribution in [0.25, 0.3) is 10.9 Å². The van der Waals surface area contributed by atoms with Gasteiger partial charge in [0.2, 0.25) is 5.88 Å². The molecule has 2 aromatic heterocycles. The molecule has 0 spiro atoms. The highest BCUT2D eigenvalue weighted by atomic mass is 35.5. The number of aromatic nitrogens is 2. The summed E-state index contributed by atoms with van der Waals surface area (Å²) in [5, 5.41) is 1.48. The molecule has 0 aliphatic heterocycles. The summed E-state index contributed by atoms with van der Waals surface area (Å²) in [6.07, 6.45) is 1.75. The fourth-order valence-corrected chi connectivity index (χ4v) is 1.83. The molecule has 0 bridgehead atoms. The van der Waals surface area contributed by atoms with Crippen LogP contribution in [0.2, 0.25) is 5.15 Å². The van der Waals surface area contributed by atoms with Gasteiger partial charge in [-0.05, 0) is 24.3 Å². The molecule has 0 amide bonds. The second-order valence-corrected chi connectivity index (χ2v) is 4.15. The maximum Gasteiger partial charge on any atom is 0.220 e. The maximum absolute atomic E-state index is 5.80. The summed E-state index contributed by atoms with van der Waals surface area (Å²) >= 11 is 5.80. The first-order chi connectivity index (χ1) is 8.81. The zero-order chi connectivity index (χ0) is 12.4. The lowest BCUT2D eigenvalue weighted by molar-refractivity contribution is 0.463. The Morgan fingerprint density at radius 2 is 1.94 bits per heavy atom. The SMILES string of the molecule is Clc1cccc(Oc2ccc3cccnc3c2)n1. The smallest absolute Gasteiger partial charge is 0.220 e. The summed E-state index contributed by atoms with van der Waals surface area (Å²) in [5.74, 6) is 1.16. The van der Waals surface area contributed by atoms with Crippen molar-refractivity contribution in [3.63, 3.8) is 0 Å². The Bertz CT molecular complexity index is 700. The van der Waals surface area contributed by atoms with Crippen molar-refractivity contribution >= 4 is 22.5 Å². The first-order valence-corrected chi connectivity index (χ1v) is 5.84. The summed E-state index contributed by atoms with van der Waals surface area (Å²) in [6, 6.07) is 14.9. The van der Waals surface area contributed by atoms with Gasteiger partial charge < -0.3 is 4.74 Å². The molecular formula is C14H9ClN2O. The van der Waals surface area contributed by atoms with Gasteiger partial charge >= 0.3 is 0 Å². The lowest BCUT2D eigenvalue weighted by Gasteiger charge is -2.05. The van der Waals surface area contributed by atoms with E-state index in [2.05, 4.69) is 9.97 Å². The van der Waals surface area contributed by atoms with Crippen LogP contribution in [0.1, 0.15) is 0 Å². The van der Waals surface area contributed by atoms with Gasteiger partial charge in [-0.25, -0.2) is 4.98 Å². The van der Waals surface area contributed by atoms with Crippen LogP contribution in [0.4, 0.5) is 0 Å². The predicted molar refractivity (Wildman–Crippen MR) is 71.1 cm³/mol. The molecule has 0 saturated carbocycles. The molecule has 0 radical (unpaired) electrons.